The summed E-state index contributed by atoms with van der Waals surface area (Å²) in [5.74, 6) is 0.222. The first-order valence-electron chi connectivity index (χ1n) is 12.4. The number of guanidine groups is 1. The van der Waals surface area contributed by atoms with Crippen LogP contribution in [0.1, 0.15) is 60.2 Å². The van der Waals surface area contributed by atoms with Crippen molar-refractivity contribution in [2.75, 3.05) is 19.6 Å². The van der Waals surface area contributed by atoms with Crippen LogP contribution in [-0.2, 0) is 12.8 Å². The highest BCUT2D eigenvalue weighted by Crippen LogP contribution is 2.22. The number of hydrogen-bond donors (Lipinski definition) is 3. The molecule has 1 unspecified atom stereocenters. The molecular weight excluding hydrogens is 507 g/mol. The van der Waals surface area contributed by atoms with Crippen molar-refractivity contribution in [3.05, 3.63) is 75.0 Å². The number of allylic oxidation sites excluding steroid dienone is 1. The van der Waals surface area contributed by atoms with Crippen LogP contribution in [0.4, 0.5) is 4.39 Å². The largest absolute Gasteiger partial charge is 0.370 e. The summed E-state index contributed by atoms with van der Waals surface area (Å²) in [5.41, 5.74) is 8.81. The molecule has 2 aromatic rings. The molecule has 35 heavy (non-hydrogen) atoms. The highest BCUT2D eigenvalue weighted by molar-refractivity contribution is 9.10. The number of hydrogen-bond acceptors (Lipinski definition) is 3. The lowest BCUT2D eigenvalue weighted by Gasteiger charge is -2.20. The van der Waals surface area contributed by atoms with E-state index in [4.69, 9.17) is 5.73 Å². The van der Waals surface area contributed by atoms with Gasteiger partial charge in [0.2, 0.25) is 0 Å². The maximum atomic E-state index is 14.8. The summed E-state index contributed by atoms with van der Waals surface area (Å²) in [6.07, 6.45) is 8.49. The fourth-order valence-corrected chi connectivity index (χ4v) is 4.70. The van der Waals surface area contributed by atoms with E-state index in [0.29, 0.717) is 36.8 Å². The molecule has 0 aromatic heterocycles. The van der Waals surface area contributed by atoms with Crippen LogP contribution in [0.2, 0.25) is 0 Å². The molecule has 5 nitrogen and oxygen atoms in total. The van der Waals surface area contributed by atoms with Crippen molar-refractivity contribution in [2.45, 2.75) is 46.0 Å². The first kappa shape index (κ1) is 27.1. The number of piperidine rings is 1. The molecule has 1 heterocycles. The number of nitrogens with two attached hydrogens (primary N) is 1. The van der Waals surface area contributed by atoms with E-state index in [-0.39, 0.29) is 11.5 Å². The minimum Gasteiger partial charge on any atom is -0.370 e. The summed E-state index contributed by atoms with van der Waals surface area (Å²) in [6, 6.07) is 10.8. The van der Waals surface area contributed by atoms with Gasteiger partial charge in [-0.2, -0.15) is 0 Å². The summed E-state index contributed by atoms with van der Waals surface area (Å²) in [5, 5.41) is 5.96. The molecule has 1 aliphatic heterocycles. The van der Waals surface area contributed by atoms with Gasteiger partial charge in [-0.05, 0) is 86.0 Å². The van der Waals surface area contributed by atoms with Crippen molar-refractivity contribution in [3.8, 4) is 0 Å². The minimum atomic E-state index is -0.433. The molecule has 4 N–H and O–H groups in total. The Bertz CT molecular complexity index is 1060. The quantitative estimate of drug-likeness (QED) is 0.290. The highest BCUT2D eigenvalue weighted by Gasteiger charge is 2.17. The number of aryl methyl sites for hydroxylation is 1. The van der Waals surface area contributed by atoms with Gasteiger partial charge in [-0.1, -0.05) is 60.5 Å². The van der Waals surface area contributed by atoms with E-state index >= 15 is 0 Å². The van der Waals surface area contributed by atoms with E-state index in [1.165, 1.54) is 6.07 Å². The summed E-state index contributed by atoms with van der Waals surface area (Å²) in [6.45, 7) is 6.89. The predicted octanol–water partition coefficient (Wildman–Crippen LogP) is 5.48. The first-order valence-corrected chi connectivity index (χ1v) is 13.2. The monoisotopic (exact) mass is 542 g/mol. The molecule has 0 bridgehead atoms. The van der Waals surface area contributed by atoms with Crippen molar-refractivity contribution in [1.29, 1.82) is 0 Å². The molecule has 0 aliphatic carbocycles. The maximum Gasteiger partial charge on any atom is 0.258 e. The second kappa shape index (κ2) is 13.5. The van der Waals surface area contributed by atoms with Crippen LogP contribution in [0.3, 0.4) is 0 Å². The van der Waals surface area contributed by atoms with E-state index in [9.17, 15) is 9.18 Å². The number of nitrogens with one attached hydrogen (secondary N) is 2. The van der Waals surface area contributed by atoms with Gasteiger partial charge in [-0.3, -0.25) is 15.1 Å². The smallest absolute Gasteiger partial charge is 0.258 e. The third-order valence-electron chi connectivity index (χ3n) is 6.49. The van der Waals surface area contributed by atoms with E-state index < -0.39 is 11.7 Å². The normalized spacial score (nSPS) is 15.9. The van der Waals surface area contributed by atoms with Gasteiger partial charge in [-0.25, -0.2) is 4.39 Å². The second-order valence-electron chi connectivity index (χ2n) is 9.28. The Hall–Kier alpha value is -2.51. The average molecular weight is 544 g/mol. The average Bonchev–Trinajstić information content (AvgIpc) is 2.85. The first-order chi connectivity index (χ1) is 16.9. The lowest BCUT2D eigenvalue weighted by atomic mass is 9.97. The summed E-state index contributed by atoms with van der Waals surface area (Å²) in [7, 11) is 0. The minimum absolute atomic E-state index is 0.0773. The van der Waals surface area contributed by atoms with Gasteiger partial charge in [0.25, 0.3) is 5.91 Å². The Morgan fingerprint density at radius 3 is 2.80 bits per heavy atom. The standard InChI is InChI=1S/C28H36BrFN4O/c1-3-19(2)7-8-21-15-22(17-23(29)16-21)9-10-24-25(5-4-6-26(24)30)27(35)34-28(31)33-18-20-11-13-32-14-12-20/h4-8,15-17,19-20,32H,3,9-14,18H2,1-2H3,(H3,31,33,34,35)/b8-7-. The number of carbonyl (C=O) groups is 1. The number of nitrogens with zero attached hydrogens (tertiary/aromatic N) is 1. The van der Waals surface area contributed by atoms with Crippen molar-refractivity contribution in [2.24, 2.45) is 22.6 Å². The van der Waals surface area contributed by atoms with E-state index in [1.54, 1.807) is 12.1 Å². The fourth-order valence-electron chi connectivity index (χ4n) is 4.14. The Morgan fingerprint density at radius 1 is 1.29 bits per heavy atom. The van der Waals surface area contributed by atoms with Crippen LogP contribution in [0.5, 0.6) is 0 Å². The summed E-state index contributed by atoms with van der Waals surface area (Å²) < 4.78 is 15.8. The number of carbonyl (C=O) groups excluding carboxylic acids is 1. The van der Waals surface area contributed by atoms with Crippen molar-refractivity contribution in [1.82, 2.24) is 10.6 Å². The topological polar surface area (TPSA) is 79.5 Å². The Balaban J connectivity index is 1.68. The van der Waals surface area contributed by atoms with E-state index in [1.807, 2.05) is 6.07 Å². The van der Waals surface area contributed by atoms with Gasteiger partial charge in [0.1, 0.15) is 5.82 Å². The molecule has 188 valence electrons. The third kappa shape index (κ3) is 8.58. The Kier molecular flexibility index (Phi) is 10.5. The zero-order valence-electron chi connectivity index (χ0n) is 20.6. The number of rotatable bonds is 9. The highest BCUT2D eigenvalue weighted by atomic mass is 79.9. The van der Waals surface area contributed by atoms with Gasteiger partial charge >= 0.3 is 0 Å². The van der Waals surface area contributed by atoms with Gasteiger partial charge in [0, 0.05) is 22.1 Å². The predicted molar refractivity (Wildman–Crippen MR) is 146 cm³/mol. The molecule has 1 amide bonds. The zero-order chi connectivity index (χ0) is 25.2. The summed E-state index contributed by atoms with van der Waals surface area (Å²) >= 11 is 3.58. The van der Waals surface area contributed by atoms with Crippen LogP contribution >= 0.6 is 15.9 Å². The van der Waals surface area contributed by atoms with Gasteiger partial charge in [0.05, 0.1) is 0 Å². The van der Waals surface area contributed by atoms with Crippen LogP contribution < -0.4 is 16.4 Å². The second-order valence-corrected chi connectivity index (χ2v) is 10.2. The molecular formula is C28H36BrFN4O. The number of halogens is 2. The molecule has 2 aromatic carbocycles. The van der Waals surface area contributed by atoms with Gasteiger partial charge < -0.3 is 11.1 Å². The molecule has 1 atom stereocenters. The van der Waals surface area contributed by atoms with E-state index in [2.05, 4.69) is 69.7 Å². The fraction of sp³-hybridized carbons (Fsp3) is 0.429. The maximum absolute atomic E-state index is 14.8. The van der Waals surface area contributed by atoms with Crippen LogP contribution in [0.25, 0.3) is 6.08 Å². The van der Waals surface area contributed by atoms with Crippen LogP contribution in [0.15, 0.2) is 51.9 Å². The molecule has 1 aliphatic rings. The lowest BCUT2D eigenvalue weighted by Crippen LogP contribution is -2.38. The number of benzene rings is 2. The van der Waals surface area contributed by atoms with Crippen molar-refractivity contribution >= 4 is 33.9 Å². The van der Waals surface area contributed by atoms with Gasteiger partial charge in [0.15, 0.2) is 5.96 Å². The molecule has 0 spiro atoms. The molecule has 7 heteroatoms. The number of aliphatic imine (C=N–C) groups is 1. The van der Waals surface area contributed by atoms with Crippen molar-refractivity contribution in [3.63, 3.8) is 0 Å². The van der Waals surface area contributed by atoms with Crippen LogP contribution in [0, 0.1) is 17.7 Å². The van der Waals surface area contributed by atoms with Crippen LogP contribution in [-0.4, -0.2) is 31.5 Å². The SMILES string of the molecule is CCC(C)/C=C\c1cc(Br)cc(CCc2c(F)cccc2C(=O)NC(N)=NCC2CCNCC2)c1. The lowest BCUT2D eigenvalue weighted by molar-refractivity contribution is 0.0975. The Morgan fingerprint density at radius 2 is 2.06 bits per heavy atom. The molecule has 1 saturated heterocycles. The third-order valence-corrected chi connectivity index (χ3v) is 6.95. The molecule has 3 rings (SSSR count). The van der Waals surface area contributed by atoms with E-state index in [0.717, 1.165) is 48.0 Å². The summed E-state index contributed by atoms with van der Waals surface area (Å²) in [4.78, 5) is 17.3. The Labute approximate surface area is 216 Å². The number of amides is 1. The molecule has 0 saturated carbocycles. The van der Waals surface area contributed by atoms with Crippen molar-refractivity contribution < 1.29 is 9.18 Å². The molecule has 1 fully saturated rings. The van der Waals surface area contributed by atoms with Gasteiger partial charge in [-0.15, -0.1) is 0 Å². The molecule has 0 radical (unpaired) electrons. The zero-order valence-corrected chi connectivity index (χ0v) is 22.2.